The van der Waals surface area contributed by atoms with E-state index in [1.165, 1.54) is 0 Å². The summed E-state index contributed by atoms with van der Waals surface area (Å²) in [5.41, 5.74) is 1.65. The molecule has 0 aliphatic carbocycles. The van der Waals surface area contributed by atoms with Gasteiger partial charge >= 0.3 is 0 Å². The summed E-state index contributed by atoms with van der Waals surface area (Å²) in [6.45, 7) is 1.49. The highest BCUT2D eigenvalue weighted by Crippen LogP contribution is 2.27. The largest absolute Gasteiger partial charge is 0.493 e. The van der Waals surface area contributed by atoms with Gasteiger partial charge in [-0.3, -0.25) is 4.79 Å². The molecular formula is C22H28N2O5S. The number of benzene rings is 2. The molecule has 0 atom stereocenters. The first kappa shape index (κ1) is 22.1. The van der Waals surface area contributed by atoms with Crippen molar-refractivity contribution in [3.8, 4) is 11.5 Å². The number of ether oxygens (including phenoxy) is 2. The monoisotopic (exact) mass is 432 g/mol. The first-order valence-electron chi connectivity index (χ1n) is 10.0. The SMILES string of the molecule is COc1ccc(CC(=O)NCc2ccc(S(=O)(=O)N3CCCCC3)cc2)cc1OC. The number of sulfonamides is 1. The van der Waals surface area contributed by atoms with Gasteiger partial charge in [-0.1, -0.05) is 24.6 Å². The lowest BCUT2D eigenvalue weighted by molar-refractivity contribution is -0.120. The summed E-state index contributed by atoms with van der Waals surface area (Å²) in [5, 5.41) is 2.86. The Hall–Kier alpha value is -2.58. The Bertz CT molecular complexity index is 968. The fourth-order valence-electron chi connectivity index (χ4n) is 3.47. The highest BCUT2D eigenvalue weighted by molar-refractivity contribution is 7.89. The molecule has 2 aromatic carbocycles. The second-order valence-electron chi connectivity index (χ2n) is 7.25. The van der Waals surface area contributed by atoms with E-state index in [9.17, 15) is 13.2 Å². The number of amides is 1. The van der Waals surface area contributed by atoms with Crippen LogP contribution < -0.4 is 14.8 Å². The third-order valence-electron chi connectivity index (χ3n) is 5.18. The lowest BCUT2D eigenvalue weighted by Crippen LogP contribution is -2.35. The topological polar surface area (TPSA) is 84.9 Å². The molecule has 0 aromatic heterocycles. The molecule has 0 spiro atoms. The van der Waals surface area contributed by atoms with Crippen LogP contribution >= 0.6 is 0 Å². The molecule has 2 aromatic rings. The summed E-state index contributed by atoms with van der Waals surface area (Å²) in [4.78, 5) is 12.6. The van der Waals surface area contributed by atoms with Gasteiger partial charge in [-0.2, -0.15) is 4.31 Å². The molecule has 1 fully saturated rings. The van der Waals surface area contributed by atoms with Crippen molar-refractivity contribution in [3.63, 3.8) is 0 Å². The van der Waals surface area contributed by atoms with Gasteiger partial charge in [0.2, 0.25) is 15.9 Å². The smallest absolute Gasteiger partial charge is 0.243 e. The van der Waals surface area contributed by atoms with E-state index in [1.807, 2.05) is 6.07 Å². The minimum atomic E-state index is -3.44. The number of methoxy groups -OCH3 is 2. The maximum atomic E-state index is 12.7. The van der Waals surface area contributed by atoms with Crippen LogP contribution in [0, 0.1) is 0 Å². The summed E-state index contributed by atoms with van der Waals surface area (Å²) in [5.74, 6) is 1.06. The molecule has 1 heterocycles. The Kier molecular flexibility index (Phi) is 7.33. The van der Waals surface area contributed by atoms with Crippen LogP contribution in [0.25, 0.3) is 0 Å². The molecule has 1 aliphatic heterocycles. The summed E-state index contributed by atoms with van der Waals surface area (Å²) in [6.07, 6.45) is 3.10. The van der Waals surface area contributed by atoms with Crippen LogP contribution in [-0.4, -0.2) is 45.9 Å². The molecule has 1 aliphatic rings. The molecule has 1 amide bonds. The van der Waals surface area contributed by atoms with Crippen LogP contribution in [0.5, 0.6) is 11.5 Å². The van der Waals surface area contributed by atoms with Gasteiger partial charge in [-0.05, 0) is 48.2 Å². The fourth-order valence-corrected chi connectivity index (χ4v) is 4.99. The number of hydrogen-bond acceptors (Lipinski definition) is 5. The second-order valence-corrected chi connectivity index (χ2v) is 9.19. The molecular weight excluding hydrogens is 404 g/mol. The predicted octanol–water partition coefficient (Wildman–Crippen LogP) is 2.74. The number of nitrogens with zero attached hydrogens (tertiary/aromatic N) is 1. The molecule has 7 nitrogen and oxygen atoms in total. The molecule has 0 radical (unpaired) electrons. The average Bonchev–Trinajstić information content (AvgIpc) is 2.78. The van der Waals surface area contributed by atoms with Crippen molar-refractivity contribution < 1.29 is 22.7 Å². The zero-order valence-corrected chi connectivity index (χ0v) is 18.2. The van der Waals surface area contributed by atoms with Crippen LogP contribution in [0.1, 0.15) is 30.4 Å². The molecule has 0 unspecified atom stereocenters. The van der Waals surface area contributed by atoms with Crippen molar-refractivity contribution in [1.82, 2.24) is 9.62 Å². The molecule has 0 bridgehead atoms. The third-order valence-corrected chi connectivity index (χ3v) is 7.09. The maximum absolute atomic E-state index is 12.7. The summed E-state index contributed by atoms with van der Waals surface area (Å²) in [7, 11) is -0.324. The summed E-state index contributed by atoms with van der Waals surface area (Å²) < 4.78 is 37.4. The standard InChI is InChI=1S/C22H28N2O5S/c1-28-20-11-8-18(14-21(20)29-2)15-22(25)23-16-17-6-9-19(10-7-17)30(26,27)24-12-4-3-5-13-24/h6-11,14H,3-5,12-13,15-16H2,1-2H3,(H,23,25). The molecule has 8 heteroatoms. The lowest BCUT2D eigenvalue weighted by Gasteiger charge is -2.25. The molecule has 162 valence electrons. The second kappa shape index (κ2) is 9.95. The van der Waals surface area contributed by atoms with Crippen LogP contribution in [0.15, 0.2) is 47.4 Å². The highest BCUT2D eigenvalue weighted by Gasteiger charge is 2.25. The van der Waals surface area contributed by atoms with E-state index in [2.05, 4.69) is 5.32 Å². The lowest BCUT2D eigenvalue weighted by atomic mass is 10.1. The molecule has 3 rings (SSSR count). The first-order chi connectivity index (χ1) is 14.4. The number of hydrogen-bond donors (Lipinski definition) is 1. The Balaban J connectivity index is 1.56. The van der Waals surface area contributed by atoms with Gasteiger partial charge in [-0.15, -0.1) is 0 Å². The number of rotatable bonds is 8. The van der Waals surface area contributed by atoms with Gasteiger partial charge in [0.15, 0.2) is 11.5 Å². The fraction of sp³-hybridized carbons (Fsp3) is 0.409. The van der Waals surface area contributed by atoms with Gasteiger partial charge < -0.3 is 14.8 Å². The van der Waals surface area contributed by atoms with Crippen molar-refractivity contribution in [3.05, 3.63) is 53.6 Å². The quantitative estimate of drug-likeness (QED) is 0.693. The van der Waals surface area contributed by atoms with Gasteiger partial charge in [-0.25, -0.2) is 8.42 Å². The van der Waals surface area contributed by atoms with E-state index >= 15 is 0 Å². The Labute approximate surface area is 178 Å². The van der Waals surface area contributed by atoms with E-state index < -0.39 is 10.0 Å². The van der Waals surface area contributed by atoms with E-state index in [4.69, 9.17) is 9.47 Å². The predicted molar refractivity (Wildman–Crippen MR) is 114 cm³/mol. The number of nitrogens with one attached hydrogen (secondary N) is 1. The van der Waals surface area contributed by atoms with E-state index in [-0.39, 0.29) is 12.3 Å². The maximum Gasteiger partial charge on any atom is 0.243 e. The number of piperidine rings is 1. The molecule has 30 heavy (non-hydrogen) atoms. The Morgan fingerprint density at radius 1 is 0.933 bits per heavy atom. The average molecular weight is 433 g/mol. The Morgan fingerprint density at radius 2 is 1.57 bits per heavy atom. The van der Waals surface area contributed by atoms with Crippen molar-refractivity contribution in [2.75, 3.05) is 27.3 Å². The van der Waals surface area contributed by atoms with E-state index in [1.54, 1.807) is 54.9 Å². The van der Waals surface area contributed by atoms with Crippen molar-refractivity contribution in [1.29, 1.82) is 0 Å². The van der Waals surface area contributed by atoms with E-state index in [0.29, 0.717) is 36.0 Å². The zero-order chi connectivity index (χ0) is 21.6. The van der Waals surface area contributed by atoms with Gasteiger partial charge in [0, 0.05) is 19.6 Å². The van der Waals surface area contributed by atoms with Crippen LogP contribution in [0.4, 0.5) is 0 Å². The number of carbonyl (C=O) groups is 1. The molecule has 1 saturated heterocycles. The molecule has 0 saturated carbocycles. The van der Waals surface area contributed by atoms with Crippen LogP contribution in [-0.2, 0) is 27.8 Å². The van der Waals surface area contributed by atoms with Crippen LogP contribution in [0.2, 0.25) is 0 Å². The minimum absolute atomic E-state index is 0.132. The van der Waals surface area contributed by atoms with Gasteiger partial charge in [0.1, 0.15) is 0 Å². The minimum Gasteiger partial charge on any atom is -0.493 e. The van der Waals surface area contributed by atoms with Gasteiger partial charge in [0.05, 0.1) is 25.5 Å². The van der Waals surface area contributed by atoms with Crippen molar-refractivity contribution >= 4 is 15.9 Å². The normalized spacial score (nSPS) is 14.9. The summed E-state index contributed by atoms with van der Waals surface area (Å²) >= 11 is 0. The third kappa shape index (κ3) is 5.31. The van der Waals surface area contributed by atoms with Crippen molar-refractivity contribution in [2.24, 2.45) is 0 Å². The van der Waals surface area contributed by atoms with Gasteiger partial charge in [0.25, 0.3) is 0 Å². The van der Waals surface area contributed by atoms with Crippen molar-refractivity contribution in [2.45, 2.75) is 37.1 Å². The highest BCUT2D eigenvalue weighted by atomic mass is 32.2. The number of carbonyl (C=O) groups excluding carboxylic acids is 1. The zero-order valence-electron chi connectivity index (χ0n) is 17.4. The van der Waals surface area contributed by atoms with Crippen LogP contribution in [0.3, 0.4) is 0 Å². The summed E-state index contributed by atoms with van der Waals surface area (Å²) in [6, 6.07) is 12.1. The molecule has 1 N–H and O–H groups in total. The van der Waals surface area contributed by atoms with E-state index in [0.717, 1.165) is 30.4 Å². The first-order valence-corrected chi connectivity index (χ1v) is 11.4. The Morgan fingerprint density at radius 3 is 2.20 bits per heavy atom.